The van der Waals surface area contributed by atoms with E-state index in [-0.39, 0.29) is 5.91 Å². The van der Waals surface area contributed by atoms with E-state index in [1.165, 1.54) is 0 Å². The summed E-state index contributed by atoms with van der Waals surface area (Å²) in [5, 5.41) is 2.20. The van der Waals surface area contributed by atoms with Crippen LogP contribution in [0.1, 0.15) is 22.1 Å². The van der Waals surface area contributed by atoms with E-state index in [0.29, 0.717) is 0 Å². The molecule has 0 aliphatic carbocycles. The van der Waals surface area contributed by atoms with E-state index in [2.05, 4.69) is 5.32 Å². The molecule has 0 heterocycles. The molecule has 0 radical (unpaired) electrons. The van der Waals surface area contributed by atoms with E-state index in [4.69, 9.17) is 11.6 Å². The Morgan fingerprint density at radius 2 is 1.74 bits per heavy atom. The Labute approximate surface area is 118 Å². The predicted molar refractivity (Wildman–Crippen MR) is 79.6 cm³/mol. The second kappa shape index (κ2) is 5.89. The third-order valence-corrected chi connectivity index (χ3v) is 3.64. The summed E-state index contributed by atoms with van der Waals surface area (Å²) in [6.45, 7) is 4.00. The van der Waals surface area contributed by atoms with Gasteiger partial charge >= 0.3 is 0 Å². The van der Waals surface area contributed by atoms with Gasteiger partial charge in [-0.15, -0.1) is 11.6 Å². The maximum atomic E-state index is 12.1. The largest absolute Gasteiger partial charge is 0.324 e. The number of aryl methyl sites for hydroxylation is 1. The van der Waals surface area contributed by atoms with Gasteiger partial charge in [0.05, 0.1) is 0 Å². The molecule has 2 aromatic carbocycles. The van der Waals surface area contributed by atoms with Gasteiger partial charge in [0.2, 0.25) is 5.91 Å². The normalized spacial score (nSPS) is 11.9. The number of carbonyl (C=O) groups excluding carboxylic acids is 1. The summed E-state index contributed by atoms with van der Waals surface area (Å²) in [6, 6.07) is 15.2. The van der Waals surface area contributed by atoms with Gasteiger partial charge in [0.1, 0.15) is 5.38 Å². The Hall–Kier alpha value is -1.80. The van der Waals surface area contributed by atoms with Crippen molar-refractivity contribution in [2.75, 3.05) is 5.32 Å². The minimum Gasteiger partial charge on any atom is -0.324 e. The molecular weight excluding hydrogens is 258 g/mol. The number of alkyl halides is 1. The summed E-state index contributed by atoms with van der Waals surface area (Å²) in [7, 11) is 0. The molecule has 0 aliphatic rings. The number of hydrogen-bond donors (Lipinski definition) is 1. The topological polar surface area (TPSA) is 29.1 Å². The first-order valence-electron chi connectivity index (χ1n) is 6.15. The third-order valence-electron chi connectivity index (χ3n) is 3.18. The van der Waals surface area contributed by atoms with Crippen LogP contribution in [0, 0.1) is 13.8 Å². The van der Waals surface area contributed by atoms with Gasteiger partial charge < -0.3 is 5.32 Å². The molecule has 0 saturated carbocycles. The monoisotopic (exact) mass is 273 g/mol. The van der Waals surface area contributed by atoms with Crippen molar-refractivity contribution in [1.82, 2.24) is 0 Å². The molecule has 0 fully saturated rings. The first-order valence-corrected chi connectivity index (χ1v) is 6.59. The van der Waals surface area contributed by atoms with Crippen LogP contribution in [0.25, 0.3) is 0 Å². The lowest BCUT2D eigenvalue weighted by Crippen LogP contribution is -2.18. The minimum absolute atomic E-state index is 0.207. The molecule has 2 nitrogen and oxygen atoms in total. The second-order valence-corrected chi connectivity index (χ2v) is 4.95. The van der Waals surface area contributed by atoms with Gasteiger partial charge in [0.25, 0.3) is 0 Å². The summed E-state index contributed by atoms with van der Waals surface area (Å²) < 4.78 is 0. The Kier molecular flexibility index (Phi) is 4.23. The average Bonchev–Trinajstić information content (AvgIpc) is 2.44. The fraction of sp³-hybridized carbons (Fsp3) is 0.188. The van der Waals surface area contributed by atoms with Gasteiger partial charge in [0.15, 0.2) is 0 Å². The minimum atomic E-state index is -0.680. The van der Waals surface area contributed by atoms with Crippen LogP contribution in [-0.2, 0) is 4.79 Å². The number of benzene rings is 2. The van der Waals surface area contributed by atoms with E-state index >= 15 is 0 Å². The van der Waals surface area contributed by atoms with Gasteiger partial charge in [-0.1, -0.05) is 42.5 Å². The number of nitrogens with one attached hydrogen (secondary N) is 1. The molecular formula is C16H16ClNO. The first kappa shape index (κ1) is 13.6. The van der Waals surface area contributed by atoms with Gasteiger partial charge in [-0.2, -0.15) is 0 Å². The van der Waals surface area contributed by atoms with Crippen molar-refractivity contribution < 1.29 is 4.79 Å². The Balaban J connectivity index is 2.15. The van der Waals surface area contributed by atoms with Crippen LogP contribution in [0.5, 0.6) is 0 Å². The zero-order valence-electron chi connectivity index (χ0n) is 11.0. The van der Waals surface area contributed by atoms with Crippen molar-refractivity contribution in [1.29, 1.82) is 0 Å². The lowest BCUT2D eigenvalue weighted by molar-refractivity contribution is -0.116. The fourth-order valence-corrected chi connectivity index (χ4v) is 2.06. The van der Waals surface area contributed by atoms with Gasteiger partial charge in [0, 0.05) is 5.69 Å². The van der Waals surface area contributed by atoms with Crippen molar-refractivity contribution in [2.24, 2.45) is 0 Å². The number of rotatable bonds is 3. The third kappa shape index (κ3) is 3.15. The molecule has 1 amide bonds. The maximum absolute atomic E-state index is 12.1. The molecule has 3 heteroatoms. The summed E-state index contributed by atoms with van der Waals surface area (Å²) in [6.07, 6.45) is 0. The van der Waals surface area contributed by atoms with Crippen LogP contribution < -0.4 is 5.32 Å². The van der Waals surface area contributed by atoms with Crippen LogP contribution in [0.15, 0.2) is 48.5 Å². The lowest BCUT2D eigenvalue weighted by Gasteiger charge is -2.13. The number of amides is 1. The van der Waals surface area contributed by atoms with Crippen molar-refractivity contribution >= 4 is 23.2 Å². The summed E-state index contributed by atoms with van der Waals surface area (Å²) in [5.41, 5.74) is 3.81. The molecule has 0 unspecified atom stereocenters. The van der Waals surface area contributed by atoms with Crippen LogP contribution in [-0.4, -0.2) is 5.91 Å². The molecule has 0 spiro atoms. The van der Waals surface area contributed by atoms with Crippen LogP contribution in [0.3, 0.4) is 0 Å². The van der Waals surface area contributed by atoms with Crippen LogP contribution in [0.2, 0.25) is 0 Å². The molecule has 0 bridgehead atoms. The molecule has 0 aliphatic heterocycles. The molecule has 98 valence electrons. The molecule has 19 heavy (non-hydrogen) atoms. The highest BCUT2D eigenvalue weighted by Gasteiger charge is 2.18. The van der Waals surface area contributed by atoms with Crippen molar-refractivity contribution in [3.8, 4) is 0 Å². The van der Waals surface area contributed by atoms with E-state index in [1.54, 1.807) is 0 Å². The van der Waals surface area contributed by atoms with Gasteiger partial charge in [-0.3, -0.25) is 4.79 Å². The fourth-order valence-electron chi connectivity index (χ4n) is 1.86. The van der Waals surface area contributed by atoms with Crippen LogP contribution in [0.4, 0.5) is 5.69 Å². The van der Waals surface area contributed by atoms with Crippen molar-refractivity contribution in [2.45, 2.75) is 19.2 Å². The van der Waals surface area contributed by atoms with Crippen molar-refractivity contribution in [3.63, 3.8) is 0 Å². The average molecular weight is 274 g/mol. The Morgan fingerprint density at radius 1 is 1.05 bits per heavy atom. The maximum Gasteiger partial charge on any atom is 0.246 e. The van der Waals surface area contributed by atoms with Gasteiger partial charge in [-0.25, -0.2) is 0 Å². The molecule has 0 aromatic heterocycles. The highest BCUT2D eigenvalue weighted by molar-refractivity contribution is 6.32. The highest BCUT2D eigenvalue weighted by atomic mass is 35.5. The standard InChI is InChI=1S/C16H16ClNO/c1-11-7-6-10-14(12(11)2)18-16(19)15(17)13-8-4-3-5-9-13/h3-10,15H,1-2H3,(H,18,19)/t15-/m0/s1. The Morgan fingerprint density at radius 3 is 2.42 bits per heavy atom. The first-order chi connectivity index (χ1) is 9.09. The molecule has 2 aromatic rings. The number of anilines is 1. The quantitative estimate of drug-likeness (QED) is 0.834. The SMILES string of the molecule is Cc1cccc(NC(=O)[C@@H](Cl)c2ccccc2)c1C. The summed E-state index contributed by atoms with van der Waals surface area (Å²) in [5.74, 6) is -0.207. The highest BCUT2D eigenvalue weighted by Crippen LogP contribution is 2.24. The molecule has 0 saturated heterocycles. The molecule has 2 rings (SSSR count). The Bertz CT molecular complexity index is 581. The molecule has 1 N–H and O–H groups in total. The molecule has 1 atom stereocenters. The number of carbonyl (C=O) groups is 1. The van der Waals surface area contributed by atoms with E-state index in [9.17, 15) is 4.79 Å². The van der Waals surface area contributed by atoms with Crippen LogP contribution >= 0.6 is 11.6 Å². The second-order valence-electron chi connectivity index (χ2n) is 4.51. The van der Waals surface area contributed by atoms with E-state index in [1.807, 2.05) is 62.4 Å². The number of hydrogen-bond acceptors (Lipinski definition) is 1. The lowest BCUT2D eigenvalue weighted by atomic mass is 10.1. The summed E-state index contributed by atoms with van der Waals surface area (Å²) >= 11 is 6.19. The predicted octanol–water partition coefficient (Wildman–Crippen LogP) is 4.22. The van der Waals surface area contributed by atoms with Gasteiger partial charge in [-0.05, 0) is 36.6 Å². The van der Waals surface area contributed by atoms with E-state index < -0.39 is 5.38 Å². The number of halogens is 1. The zero-order chi connectivity index (χ0) is 13.8. The smallest absolute Gasteiger partial charge is 0.246 e. The zero-order valence-corrected chi connectivity index (χ0v) is 11.7. The van der Waals surface area contributed by atoms with E-state index in [0.717, 1.165) is 22.4 Å². The summed E-state index contributed by atoms with van der Waals surface area (Å²) in [4.78, 5) is 12.1. The van der Waals surface area contributed by atoms with Crippen molar-refractivity contribution in [3.05, 3.63) is 65.2 Å².